The van der Waals surface area contributed by atoms with Gasteiger partial charge in [-0.25, -0.2) is 0 Å². The predicted molar refractivity (Wildman–Crippen MR) is 117 cm³/mol. The summed E-state index contributed by atoms with van der Waals surface area (Å²) in [6, 6.07) is 15.9. The van der Waals surface area contributed by atoms with E-state index in [9.17, 15) is 0 Å². The minimum Gasteiger partial charge on any atom is -0.375 e. The van der Waals surface area contributed by atoms with E-state index in [0.29, 0.717) is 6.04 Å². The second-order valence-corrected chi connectivity index (χ2v) is 9.51. The maximum atomic E-state index is 6.46. The number of hydrogen-bond acceptors (Lipinski definition) is 3. The molecule has 3 nitrogen and oxygen atoms in total. The summed E-state index contributed by atoms with van der Waals surface area (Å²) in [5.74, 6) is 0. The number of pyridine rings is 1. The van der Waals surface area contributed by atoms with Crippen molar-refractivity contribution in [2.24, 2.45) is 0 Å². The van der Waals surface area contributed by atoms with Gasteiger partial charge in [0.2, 0.25) is 0 Å². The van der Waals surface area contributed by atoms with Gasteiger partial charge in [-0.2, -0.15) is 0 Å². The van der Waals surface area contributed by atoms with Crippen molar-refractivity contribution in [2.75, 3.05) is 13.2 Å². The number of hydrogen-bond donors (Lipinski definition) is 1. The zero-order valence-corrected chi connectivity index (χ0v) is 17.5. The van der Waals surface area contributed by atoms with E-state index < -0.39 is 0 Å². The molecule has 2 unspecified atom stereocenters. The molecule has 3 heteroatoms. The molecule has 29 heavy (non-hydrogen) atoms. The predicted octanol–water partition coefficient (Wildman–Crippen LogP) is 5.50. The highest BCUT2D eigenvalue weighted by atomic mass is 16.5. The van der Waals surface area contributed by atoms with Gasteiger partial charge in [0.05, 0.1) is 5.60 Å². The Kier molecular flexibility index (Phi) is 5.45. The van der Waals surface area contributed by atoms with Gasteiger partial charge in [-0.05, 0) is 74.8 Å². The number of rotatable bonds is 5. The molecule has 1 N–H and O–H groups in total. The highest BCUT2D eigenvalue weighted by Crippen LogP contribution is 2.48. The second-order valence-electron chi connectivity index (χ2n) is 9.51. The zero-order valence-electron chi connectivity index (χ0n) is 17.5. The van der Waals surface area contributed by atoms with Crippen molar-refractivity contribution < 1.29 is 4.74 Å². The van der Waals surface area contributed by atoms with Crippen LogP contribution in [0.2, 0.25) is 0 Å². The Balaban J connectivity index is 1.33. The van der Waals surface area contributed by atoms with E-state index in [4.69, 9.17) is 9.72 Å². The molecular formula is C26H34N2O. The summed E-state index contributed by atoms with van der Waals surface area (Å²) in [5.41, 5.74) is 4.55. The molecule has 1 saturated heterocycles. The highest BCUT2D eigenvalue weighted by Gasteiger charge is 2.47. The molecular weight excluding hydrogens is 356 g/mol. The third-order valence-corrected chi connectivity index (χ3v) is 7.75. The summed E-state index contributed by atoms with van der Waals surface area (Å²) in [7, 11) is 0. The SMILES string of the molecule is c1ccc(C2(CCNC3CCc4ccccc43)CCOC3(CCCCC3)C2)nc1. The van der Waals surface area contributed by atoms with Crippen molar-refractivity contribution in [1.29, 1.82) is 0 Å². The van der Waals surface area contributed by atoms with Gasteiger partial charge in [-0.1, -0.05) is 49.6 Å². The molecule has 0 amide bonds. The molecule has 1 spiro atoms. The van der Waals surface area contributed by atoms with Crippen LogP contribution in [0.1, 0.15) is 80.7 Å². The molecule has 3 aliphatic rings. The number of ether oxygens (including phenoxy) is 1. The van der Waals surface area contributed by atoms with Gasteiger partial charge in [0.1, 0.15) is 0 Å². The first kappa shape index (κ1) is 19.3. The van der Waals surface area contributed by atoms with E-state index in [-0.39, 0.29) is 11.0 Å². The standard InChI is InChI=1S/C26H34N2O/c1-5-13-26(14-6-1)20-25(16-19-29-26,24-10-4-7-17-28-24)15-18-27-23-12-11-21-8-2-3-9-22(21)23/h2-4,7-10,17,23,27H,1,5-6,11-16,18-20H2. The maximum absolute atomic E-state index is 6.46. The van der Waals surface area contributed by atoms with Crippen molar-refractivity contribution in [3.63, 3.8) is 0 Å². The van der Waals surface area contributed by atoms with Gasteiger partial charge >= 0.3 is 0 Å². The van der Waals surface area contributed by atoms with Crippen molar-refractivity contribution >= 4 is 0 Å². The van der Waals surface area contributed by atoms with Crippen LogP contribution in [-0.4, -0.2) is 23.7 Å². The first-order valence-corrected chi connectivity index (χ1v) is 11.7. The van der Waals surface area contributed by atoms with Crippen molar-refractivity contribution in [3.8, 4) is 0 Å². The molecule has 5 rings (SSSR count). The van der Waals surface area contributed by atoms with Gasteiger partial charge < -0.3 is 10.1 Å². The van der Waals surface area contributed by atoms with E-state index in [2.05, 4.69) is 41.7 Å². The number of fused-ring (bicyclic) bond motifs is 1. The van der Waals surface area contributed by atoms with Crippen LogP contribution in [0.25, 0.3) is 0 Å². The maximum Gasteiger partial charge on any atom is 0.0691 e. The van der Waals surface area contributed by atoms with Crippen molar-refractivity contribution in [2.45, 2.75) is 81.3 Å². The topological polar surface area (TPSA) is 34.1 Å². The van der Waals surface area contributed by atoms with E-state index >= 15 is 0 Å². The Morgan fingerprint density at radius 3 is 2.72 bits per heavy atom. The fourth-order valence-corrected chi connectivity index (χ4v) is 6.23. The minimum absolute atomic E-state index is 0.0912. The average Bonchev–Trinajstić information content (AvgIpc) is 3.18. The highest BCUT2D eigenvalue weighted by molar-refractivity contribution is 5.34. The number of benzene rings is 1. The quantitative estimate of drug-likeness (QED) is 0.732. The molecule has 2 aliphatic carbocycles. The summed E-state index contributed by atoms with van der Waals surface area (Å²) in [4.78, 5) is 4.86. The smallest absolute Gasteiger partial charge is 0.0691 e. The Labute approximate surface area is 175 Å². The Morgan fingerprint density at radius 1 is 1.00 bits per heavy atom. The monoisotopic (exact) mass is 390 g/mol. The molecule has 1 aromatic carbocycles. The first-order valence-electron chi connectivity index (χ1n) is 11.7. The number of aryl methyl sites for hydroxylation is 1. The van der Waals surface area contributed by atoms with Crippen LogP contribution in [0, 0.1) is 0 Å². The third kappa shape index (κ3) is 3.87. The first-order chi connectivity index (χ1) is 14.3. The molecule has 0 bridgehead atoms. The van der Waals surface area contributed by atoms with Crippen LogP contribution in [-0.2, 0) is 16.6 Å². The molecule has 1 aromatic heterocycles. The number of aromatic nitrogens is 1. The average molecular weight is 391 g/mol. The molecule has 154 valence electrons. The lowest BCUT2D eigenvalue weighted by Crippen LogP contribution is -2.49. The van der Waals surface area contributed by atoms with Gasteiger partial charge in [0, 0.05) is 30.0 Å². The summed E-state index contributed by atoms with van der Waals surface area (Å²) in [5, 5.41) is 3.90. The largest absolute Gasteiger partial charge is 0.375 e. The Bertz CT molecular complexity index is 809. The fraction of sp³-hybridized carbons (Fsp3) is 0.577. The zero-order chi connectivity index (χ0) is 19.6. The molecule has 2 heterocycles. The van der Waals surface area contributed by atoms with Crippen molar-refractivity contribution in [1.82, 2.24) is 10.3 Å². The van der Waals surface area contributed by atoms with Crippen molar-refractivity contribution in [3.05, 3.63) is 65.5 Å². The Hall–Kier alpha value is -1.71. The van der Waals surface area contributed by atoms with Gasteiger partial charge in [0.15, 0.2) is 0 Å². The number of nitrogens with one attached hydrogen (secondary N) is 1. The fourth-order valence-electron chi connectivity index (χ4n) is 6.23. The molecule has 1 saturated carbocycles. The Morgan fingerprint density at radius 2 is 1.86 bits per heavy atom. The third-order valence-electron chi connectivity index (χ3n) is 7.75. The van der Waals surface area contributed by atoms with Crippen LogP contribution in [0.5, 0.6) is 0 Å². The van der Waals surface area contributed by atoms with Crippen LogP contribution in [0.4, 0.5) is 0 Å². The molecule has 0 radical (unpaired) electrons. The lowest BCUT2D eigenvalue weighted by Gasteiger charge is -2.49. The van der Waals surface area contributed by atoms with Crippen LogP contribution >= 0.6 is 0 Å². The van der Waals surface area contributed by atoms with Gasteiger partial charge in [-0.15, -0.1) is 0 Å². The van der Waals surface area contributed by atoms with Crippen LogP contribution in [0.3, 0.4) is 0 Å². The van der Waals surface area contributed by atoms with E-state index in [1.54, 1.807) is 0 Å². The lowest BCUT2D eigenvalue weighted by atomic mass is 9.65. The van der Waals surface area contributed by atoms with Crippen LogP contribution < -0.4 is 5.32 Å². The minimum atomic E-state index is 0.0912. The summed E-state index contributed by atoms with van der Waals surface area (Å²) in [6.07, 6.45) is 14.2. The van der Waals surface area contributed by atoms with Gasteiger partial charge in [0.25, 0.3) is 0 Å². The normalized spacial score (nSPS) is 28.3. The molecule has 2 aromatic rings. The summed E-state index contributed by atoms with van der Waals surface area (Å²) < 4.78 is 6.46. The summed E-state index contributed by atoms with van der Waals surface area (Å²) in [6.45, 7) is 1.93. The lowest BCUT2D eigenvalue weighted by molar-refractivity contribution is -0.127. The van der Waals surface area contributed by atoms with E-state index in [1.807, 2.05) is 12.3 Å². The molecule has 2 fully saturated rings. The van der Waals surface area contributed by atoms with Crippen LogP contribution in [0.15, 0.2) is 48.7 Å². The van der Waals surface area contributed by atoms with Gasteiger partial charge in [-0.3, -0.25) is 4.98 Å². The summed E-state index contributed by atoms with van der Waals surface area (Å²) >= 11 is 0. The number of nitrogens with zero attached hydrogens (tertiary/aromatic N) is 1. The van der Waals surface area contributed by atoms with E-state index in [1.165, 1.54) is 61.8 Å². The second kappa shape index (κ2) is 8.20. The molecule has 1 aliphatic heterocycles. The van der Waals surface area contributed by atoms with E-state index in [0.717, 1.165) is 32.4 Å². The molecule has 2 atom stereocenters.